The highest BCUT2D eigenvalue weighted by Crippen LogP contribution is 2.41. The molecule has 6 aromatic rings. The molecule has 14 nitrogen and oxygen atoms in total. The first-order valence-corrected chi connectivity index (χ1v) is 21.8. The van der Waals surface area contributed by atoms with Gasteiger partial charge >= 0.3 is 5.97 Å². The largest absolute Gasteiger partial charge is 0.460 e. The number of rotatable bonds is 8. The molecule has 9 rings (SSSR count). The van der Waals surface area contributed by atoms with E-state index in [0.29, 0.717) is 116 Å². The highest BCUT2D eigenvalue weighted by atomic mass is 35.5. The normalized spacial score (nSPS) is 15.5. The number of fused-ring (bicyclic) bond motifs is 2. The smallest absolute Gasteiger partial charge is 0.314 e. The molecule has 0 spiro atoms. The molecule has 3 aliphatic heterocycles. The minimum absolute atomic E-state index is 0.0482. The molecule has 7 heterocycles. The minimum Gasteiger partial charge on any atom is -0.460 e. The van der Waals surface area contributed by atoms with E-state index in [0.717, 1.165) is 30.7 Å². The van der Waals surface area contributed by atoms with Gasteiger partial charge in [0.05, 0.1) is 51.4 Å². The second-order valence-electron chi connectivity index (χ2n) is 17.1. The van der Waals surface area contributed by atoms with E-state index in [1.54, 1.807) is 58.1 Å². The number of nitrogens with zero attached hydrogens (tertiary/aromatic N) is 8. The predicted octanol–water partition coefficient (Wildman–Crippen LogP) is 8.87. The molecule has 3 aliphatic rings. The van der Waals surface area contributed by atoms with Gasteiger partial charge in [-0.05, 0) is 47.5 Å². The molecule has 2 amide bonds. The number of hydrogen-bond acceptors (Lipinski definition) is 12. The van der Waals surface area contributed by atoms with Gasteiger partial charge < -0.3 is 19.7 Å². The molecule has 0 aliphatic carbocycles. The molecule has 0 radical (unpaired) electrons. The first kappa shape index (κ1) is 46.0. The van der Waals surface area contributed by atoms with E-state index in [4.69, 9.17) is 26.1 Å². The lowest BCUT2D eigenvalue weighted by atomic mass is 10.0. The van der Waals surface area contributed by atoms with Crippen LogP contribution in [0.3, 0.4) is 0 Å². The SMILES string of the molecule is Cc1c(N2CCCC2=O)nc2cc(F)cc(F)c2c1Cl.Cc1c(N2CCCC2=O)nc2cc(F)cc(F)c2c1Nc1cc(N2CCOCC2)ncc1-c1cnc(CC(=O)OC(C)(C)C)nc1. The van der Waals surface area contributed by atoms with Crippen LogP contribution in [0.5, 0.6) is 0 Å². The molecule has 344 valence electrons. The van der Waals surface area contributed by atoms with Gasteiger partial charge in [0, 0.05) is 110 Å². The third-order valence-electron chi connectivity index (χ3n) is 11.2. The number of halogens is 5. The number of ether oxygens (including phenoxy) is 2. The Morgan fingerprint density at radius 2 is 1.33 bits per heavy atom. The minimum atomic E-state index is -0.786. The number of nitrogens with one attached hydrogen (secondary N) is 1. The quantitative estimate of drug-likeness (QED) is 0.115. The third-order valence-corrected chi connectivity index (χ3v) is 11.7. The van der Waals surface area contributed by atoms with Crippen LogP contribution in [0, 0.1) is 37.1 Å². The maximum atomic E-state index is 15.5. The highest BCUT2D eigenvalue weighted by molar-refractivity contribution is 6.36. The van der Waals surface area contributed by atoms with Gasteiger partial charge in [-0.1, -0.05) is 11.6 Å². The average molecular weight is 928 g/mol. The number of amides is 2. The van der Waals surface area contributed by atoms with Gasteiger partial charge in [-0.15, -0.1) is 0 Å². The van der Waals surface area contributed by atoms with E-state index in [1.807, 2.05) is 6.07 Å². The van der Waals surface area contributed by atoms with Crippen LogP contribution in [0.1, 0.15) is 63.4 Å². The fourth-order valence-electron chi connectivity index (χ4n) is 8.14. The van der Waals surface area contributed by atoms with Crippen molar-refractivity contribution in [2.45, 2.75) is 72.3 Å². The van der Waals surface area contributed by atoms with Gasteiger partial charge in [0.15, 0.2) is 0 Å². The van der Waals surface area contributed by atoms with E-state index in [1.165, 1.54) is 4.90 Å². The van der Waals surface area contributed by atoms with Crippen molar-refractivity contribution < 1.29 is 41.4 Å². The van der Waals surface area contributed by atoms with Crippen molar-refractivity contribution in [3.05, 3.63) is 94.2 Å². The Morgan fingerprint density at radius 1 is 0.773 bits per heavy atom. The highest BCUT2D eigenvalue weighted by Gasteiger charge is 2.29. The summed E-state index contributed by atoms with van der Waals surface area (Å²) in [6.07, 6.45) is 7.00. The predicted molar refractivity (Wildman–Crippen MR) is 242 cm³/mol. The number of pyridine rings is 3. The van der Waals surface area contributed by atoms with Crippen molar-refractivity contribution in [1.29, 1.82) is 0 Å². The lowest BCUT2D eigenvalue weighted by Gasteiger charge is -2.29. The first-order valence-electron chi connectivity index (χ1n) is 21.4. The van der Waals surface area contributed by atoms with Crippen LogP contribution in [-0.4, -0.2) is 87.7 Å². The number of esters is 1. The molecule has 0 atom stereocenters. The number of aromatic nitrogens is 5. The summed E-state index contributed by atoms with van der Waals surface area (Å²) in [5.41, 5.74) is 2.73. The summed E-state index contributed by atoms with van der Waals surface area (Å²) in [6.45, 7) is 12.2. The molecule has 66 heavy (non-hydrogen) atoms. The molecular formula is C47H46ClF4N9O5. The van der Waals surface area contributed by atoms with Gasteiger partial charge in [-0.2, -0.15) is 0 Å². The van der Waals surface area contributed by atoms with E-state index in [2.05, 4.69) is 30.2 Å². The standard InChI is InChI=1S/C33H35F2N7O4.C14H11ClF2N2O/c1-19-31(30-23(35)12-21(34)13-25(30)40-32(19)42-7-5-6-28(42)43)39-24-14-27(41-8-10-45-11-9-41)38-18-22(24)20-16-36-26(37-17-20)15-29(44)46-33(2,3)4;1-7-13(15)12-9(17)5-8(16)6-10(12)18-14(7)19-4-2-3-11(19)20/h12-14,16-18H,5-11,15H2,1-4H3,(H,38,39,40);5-6H,2-4H2,1H3. The summed E-state index contributed by atoms with van der Waals surface area (Å²) < 4.78 is 68.0. The van der Waals surface area contributed by atoms with Crippen LogP contribution in [0.4, 0.5) is 46.4 Å². The van der Waals surface area contributed by atoms with E-state index in [9.17, 15) is 27.6 Å². The van der Waals surface area contributed by atoms with Crippen molar-refractivity contribution in [2.24, 2.45) is 0 Å². The van der Waals surface area contributed by atoms with Crippen molar-refractivity contribution in [3.63, 3.8) is 0 Å². The van der Waals surface area contributed by atoms with E-state index < -0.39 is 34.8 Å². The van der Waals surface area contributed by atoms with Crippen LogP contribution in [0.2, 0.25) is 5.02 Å². The topological polar surface area (TPSA) is 156 Å². The molecule has 19 heteroatoms. The molecule has 4 aromatic heterocycles. The molecule has 2 aromatic carbocycles. The summed E-state index contributed by atoms with van der Waals surface area (Å²) in [6, 6.07) is 5.73. The van der Waals surface area contributed by atoms with Crippen molar-refractivity contribution in [1.82, 2.24) is 24.9 Å². The lowest BCUT2D eigenvalue weighted by molar-refractivity contribution is -0.154. The van der Waals surface area contributed by atoms with Crippen LogP contribution in [0.15, 0.2) is 48.9 Å². The van der Waals surface area contributed by atoms with Gasteiger partial charge in [0.2, 0.25) is 11.8 Å². The van der Waals surface area contributed by atoms with Crippen molar-refractivity contribution in [2.75, 3.05) is 59.4 Å². The molecule has 0 saturated carbocycles. The summed E-state index contributed by atoms with van der Waals surface area (Å²) in [5.74, 6) is -1.91. The molecule has 0 unspecified atom stereocenters. The zero-order chi connectivity index (χ0) is 47.0. The van der Waals surface area contributed by atoms with Crippen molar-refractivity contribution >= 4 is 80.0 Å². The van der Waals surface area contributed by atoms with E-state index in [-0.39, 0.29) is 45.1 Å². The molecule has 3 fully saturated rings. The fourth-order valence-corrected chi connectivity index (χ4v) is 8.41. The third kappa shape index (κ3) is 9.70. The Morgan fingerprint density at radius 3 is 1.89 bits per heavy atom. The summed E-state index contributed by atoms with van der Waals surface area (Å²) >= 11 is 6.17. The van der Waals surface area contributed by atoms with Crippen LogP contribution in [0.25, 0.3) is 32.9 Å². The average Bonchev–Trinajstić information content (AvgIpc) is 3.90. The monoisotopic (exact) mass is 927 g/mol. The van der Waals surface area contributed by atoms with Gasteiger partial charge in [-0.3, -0.25) is 24.2 Å². The summed E-state index contributed by atoms with van der Waals surface area (Å²) in [7, 11) is 0. The van der Waals surface area contributed by atoms with Gasteiger partial charge in [0.1, 0.15) is 58.6 Å². The Balaban J connectivity index is 0.000000246. The number of benzene rings is 2. The first-order chi connectivity index (χ1) is 31.4. The number of hydrogen-bond donors (Lipinski definition) is 1. The lowest BCUT2D eigenvalue weighted by Crippen LogP contribution is -2.36. The van der Waals surface area contributed by atoms with E-state index >= 15 is 4.39 Å². The second-order valence-corrected chi connectivity index (χ2v) is 17.5. The van der Waals surface area contributed by atoms with Crippen LogP contribution in [-0.2, 0) is 30.3 Å². The maximum absolute atomic E-state index is 15.5. The Labute approximate surface area is 382 Å². The molecule has 1 N–H and O–H groups in total. The Hall–Kier alpha value is -6.53. The molecule has 0 bridgehead atoms. The van der Waals surface area contributed by atoms with Gasteiger partial charge in [0.25, 0.3) is 0 Å². The summed E-state index contributed by atoms with van der Waals surface area (Å²) in [5, 5.41) is 3.75. The second kappa shape index (κ2) is 18.8. The maximum Gasteiger partial charge on any atom is 0.314 e. The fraction of sp³-hybridized carbons (Fsp3) is 0.362. The zero-order valence-electron chi connectivity index (χ0n) is 36.9. The zero-order valence-corrected chi connectivity index (χ0v) is 37.7. The van der Waals surface area contributed by atoms with Crippen molar-refractivity contribution in [3.8, 4) is 11.1 Å². The Bertz CT molecular complexity index is 2890. The van der Waals surface area contributed by atoms with Crippen LogP contribution < -0.4 is 20.0 Å². The van der Waals surface area contributed by atoms with Gasteiger partial charge in [-0.25, -0.2) is 42.5 Å². The number of morpholine rings is 1. The molecular weight excluding hydrogens is 882 g/mol. The Kier molecular flexibility index (Phi) is 13.1. The number of anilines is 5. The molecule has 3 saturated heterocycles. The number of carbonyl (C=O) groups excluding carboxylic acids is 3. The summed E-state index contributed by atoms with van der Waals surface area (Å²) in [4.78, 5) is 64.3. The number of carbonyl (C=O) groups is 3. The van der Waals surface area contributed by atoms with Crippen LogP contribution >= 0.6 is 11.6 Å².